The van der Waals surface area contributed by atoms with Crippen LogP contribution in [0.1, 0.15) is 78.5 Å². The summed E-state index contributed by atoms with van der Waals surface area (Å²) in [6.45, 7) is 10.8. The van der Waals surface area contributed by atoms with Crippen LogP contribution in [0, 0.1) is 5.41 Å². The molecule has 0 aromatic heterocycles. The lowest BCUT2D eigenvalue weighted by molar-refractivity contribution is -0.0881. The third kappa shape index (κ3) is 5.55. The summed E-state index contributed by atoms with van der Waals surface area (Å²) in [4.78, 5) is 20.0. The molecule has 42 heavy (non-hydrogen) atoms. The molecule has 2 aliphatic heterocycles. The molecule has 1 amide bonds. The Morgan fingerprint density at radius 1 is 0.929 bits per heavy atom. The molecule has 6 nitrogen and oxygen atoms in total. The summed E-state index contributed by atoms with van der Waals surface area (Å²) in [5.41, 5.74) is 12.0. The second kappa shape index (κ2) is 12.1. The summed E-state index contributed by atoms with van der Waals surface area (Å²) in [6, 6.07) is 26.5. The van der Waals surface area contributed by atoms with E-state index in [9.17, 15) is 4.79 Å². The average Bonchev–Trinajstić information content (AvgIpc) is 3.01. The first kappa shape index (κ1) is 28.8. The number of primary amides is 1. The predicted molar refractivity (Wildman–Crippen MR) is 170 cm³/mol. The van der Waals surface area contributed by atoms with Crippen molar-refractivity contribution in [3.05, 3.63) is 95.1 Å². The van der Waals surface area contributed by atoms with Gasteiger partial charge in [0.1, 0.15) is 5.75 Å². The summed E-state index contributed by atoms with van der Waals surface area (Å²) in [5, 5.41) is 0. The van der Waals surface area contributed by atoms with Crippen LogP contribution >= 0.6 is 0 Å². The Kier molecular flexibility index (Phi) is 8.28. The summed E-state index contributed by atoms with van der Waals surface area (Å²) in [7, 11) is 1.72. The van der Waals surface area contributed by atoms with Crippen molar-refractivity contribution < 1.29 is 9.53 Å². The molecule has 2 saturated heterocycles. The van der Waals surface area contributed by atoms with Gasteiger partial charge in [-0.15, -0.1) is 0 Å². The van der Waals surface area contributed by atoms with Crippen LogP contribution in [0.2, 0.25) is 0 Å². The molecule has 6 heteroatoms. The maximum absolute atomic E-state index is 12.1. The molecule has 3 aromatic carbocycles. The number of piperazine rings is 1. The Bertz CT molecular complexity index is 1380. The number of nitrogens with zero attached hydrogens (tertiary/aromatic N) is 3. The number of ether oxygens (including phenoxy) is 1. The van der Waals surface area contributed by atoms with Crippen molar-refractivity contribution in [2.45, 2.75) is 64.1 Å². The molecular formula is C36H46N4O2. The highest BCUT2D eigenvalue weighted by Gasteiger charge is 2.52. The van der Waals surface area contributed by atoms with Crippen LogP contribution in [-0.2, 0) is 6.54 Å². The van der Waals surface area contributed by atoms with E-state index in [-0.39, 0.29) is 5.91 Å². The molecule has 222 valence electrons. The van der Waals surface area contributed by atoms with E-state index in [2.05, 4.69) is 83.1 Å². The number of anilines is 1. The van der Waals surface area contributed by atoms with Crippen LogP contribution in [-0.4, -0.2) is 61.6 Å². The molecule has 3 aromatic rings. The van der Waals surface area contributed by atoms with Gasteiger partial charge in [0, 0.05) is 57.0 Å². The minimum absolute atomic E-state index is 0.341. The molecular weight excluding hydrogens is 520 g/mol. The Morgan fingerprint density at radius 2 is 1.64 bits per heavy atom. The molecule has 2 N–H and O–H groups in total. The van der Waals surface area contributed by atoms with Crippen LogP contribution in [0.15, 0.2) is 72.8 Å². The van der Waals surface area contributed by atoms with Crippen LogP contribution in [0.25, 0.3) is 0 Å². The Labute approximate surface area is 251 Å². The van der Waals surface area contributed by atoms with Crippen LogP contribution in [0.5, 0.6) is 5.75 Å². The number of carbonyl (C=O) groups excluding carboxylic acids is 1. The van der Waals surface area contributed by atoms with Gasteiger partial charge in [-0.3, -0.25) is 14.6 Å². The number of hydrogen-bond donors (Lipinski definition) is 1. The third-order valence-corrected chi connectivity index (χ3v) is 10.3. The molecule has 0 bridgehead atoms. The standard InChI is InChI=1S/C36H46N4O2/c1-26(2)29-8-4-5-9-30(29)33-25-38(24-27-12-14-28(42-3)15-13-27)22-23-40(33)34-16-17-36(34)18-20-39(21-19-36)32-11-7-6-10-31(32)35(37)41/h4-15,26,33-34H,16-25H2,1-3H3,(H2,37,41)/t33?,34-/m1/s1. The number of piperidine rings is 1. The van der Waals surface area contributed by atoms with Gasteiger partial charge in [-0.2, -0.15) is 0 Å². The van der Waals surface area contributed by atoms with Gasteiger partial charge in [-0.1, -0.05) is 62.4 Å². The normalized spacial score (nSPS) is 22.7. The van der Waals surface area contributed by atoms with Crippen molar-refractivity contribution in [1.82, 2.24) is 9.80 Å². The zero-order valence-corrected chi connectivity index (χ0v) is 25.5. The number of para-hydroxylation sites is 1. The van der Waals surface area contributed by atoms with E-state index in [1.807, 2.05) is 18.2 Å². The zero-order chi connectivity index (χ0) is 29.3. The minimum Gasteiger partial charge on any atom is -0.497 e. The smallest absolute Gasteiger partial charge is 0.250 e. The molecule has 2 atom stereocenters. The highest BCUT2D eigenvalue weighted by molar-refractivity contribution is 5.98. The van der Waals surface area contributed by atoms with Crippen LogP contribution in [0.3, 0.4) is 0 Å². The van der Waals surface area contributed by atoms with E-state index in [1.54, 1.807) is 7.11 Å². The second-order valence-electron chi connectivity index (χ2n) is 12.9. The molecule has 0 radical (unpaired) electrons. The SMILES string of the molecule is COc1ccc(CN2CCN([C@@H]3CCC34CCN(c3ccccc3C(N)=O)CC4)C(c3ccccc3C(C)C)C2)cc1. The van der Waals surface area contributed by atoms with Gasteiger partial charge in [0.25, 0.3) is 5.91 Å². The van der Waals surface area contributed by atoms with E-state index < -0.39 is 0 Å². The monoisotopic (exact) mass is 566 g/mol. The van der Waals surface area contributed by atoms with Gasteiger partial charge >= 0.3 is 0 Å². The lowest BCUT2D eigenvalue weighted by Crippen LogP contribution is -2.63. The fourth-order valence-corrected chi connectivity index (χ4v) is 7.91. The molecule has 1 saturated carbocycles. The minimum atomic E-state index is -0.341. The van der Waals surface area contributed by atoms with E-state index in [0.717, 1.165) is 63.5 Å². The van der Waals surface area contributed by atoms with Crippen molar-refractivity contribution in [3.63, 3.8) is 0 Å². The number of hydrogen-bond acceptors (Lipinski definition) is 5. The van der Waals surface area contributed by atoms with Crippen molar-refractivity contribution in [1.29, 1.82) is 0 Å². The summed E-state index contributed by atoms with van der Waals surface area (Å²) in [5.74, 6) is 1.06. The molecule has 1 unspecified atom stereocenters. The maximum Gasteiger partial charge on any atom is 0.250 e. The number of carbonyl (C=O) groups is 1. The predicted octanol–water partition coefficient (Wildman–Crippen LogP) is 6.23. The van der Waals surface area contributed by atoms with Crippen LogP contribution < -0.4 is 15.4 Å². The van der Waals surface area contributed by atoms with Gasteiger partial charge in [0.15, 0.2) is 0 Å². The highest BCUT2D eigenvalue weighted by Crippen LogP contribution is 2.54. The molecule has 6 rings (SSSR count). The van der Waals surface area contributed by atoms with Gasteiger partial charge in [-0.25, -0.2) is 0 Å². The first-order chi connectivity index (χ1) is 20.4. The Morgan fingerprint density at radius 3 is 2.31 bits per heavy atom. The van der Waals surface area contributed by atoms with Crippen LogP contribution in [0.4, 0.5) is 5.69 Å². The highest BCUT2D eigenvalue weighted by atomic mass is 16.5. The fourth-order valence-electron chi connectivity index (χ4n) is 7.91. The van der Waals surface area contributed by atoms with E-state index in [0.29, 0.717) is 29.0 Å². The van der Waals surface area contributed by atoms with Gasteiger partial charge in [0.2, 0.25) is 0 Å². The molecule has 3 fully saturated rings. The van der Waals surface area contributed by atoms with E-state index in [1.165, 1.54) is 29.5 Å². The average molecular weight is 567 g/mol. The lowest BCUT2D eigenvalue weighted by Gasteiger charge is -2.61. The first-order valence-corrected chi connectivity index (χ1v) is 15.7. The summed E-state index contributed by atoms with van der Waals surface area (Å²) < 4.78 is 5.39. The van der Waals surface area contributed by atoms with Crippen molar-refractivity contribution in [2.24, 2.45) is 11.1 Å². The van der Waals surface area contributed by atoms with Crippen molar-refractivity contribution in [2.75, 3.05) is 44.7 Å². The number of methoxy groups -OCH3 is 1. The van der Waals surface area contributed by atoms with Crippen molar-refractivity contribution >= 4 is 11.6 Å². The second-order valence-corrected chi connectivity index (χ2v) is 12.9. The summed E-state index contributed by atoms with van der Waals surface area (Å²) >= 11 is 0. The molecule has 3 aliphatic rings. The van der Waals surface area contributed by atoms with Gasteiger partial charge < -0.3 is 15.4 Å². The third-order valence-electron chi connectivity index (χ3n) is 10.3. The number of rotatable bonds is 8. The Hall–Kier alpha value is -3.35. The summed E-state index contributed by atoms with van der Waals surface area (Å²) in [6.07, 6.45) is 4.90. The van der Waals surface area contributed by atoms with E-state index in [4.69, 9.17) is 10.5 Å². The molecule has 1 spiro atoms. The lowest BCUT2D eigenvalue weighted by atomic mass is 9.58. The number of nitrogens with two attached hydrogens (primary N) is 1. The molecule has 2 heterocycles. The quantitative estimate of drug-likeness (QED) is 0.351. The number of benzene rings is 3. The first-order valence-electron chi connectivity index (χ1n) is 15.7. The van der Waals surface area contributed by atoms with E-state index >= 15 is 0 Å². The van der Waals surface area contributed by atoms with Crippen molar-refractivity contribution in [3.8, 4) is 5.75 Å². The van der Waals surface area contributed by atoms with Gasteiger partial charge in [0.05, 0.1) is 12.7 Å². The molecule has 1 aliphatic carbocycles. The topological polar surface area (TPSA) is 62.0 Å². The largest absolute Gasteiger partial charge is 0.497 e. The zero-order valence-electron chi connectivity index (χ0n) is 25.5. The Balaban J connectivity index is 1.22. The van der Waals surface area contributed by atoms with Gasteiger partial charge in [-0.05, 0) is 78.0 Å². The fraction of sp³-hybridized carbons (Fsp3) is 0.472. The maximum atomic E-state index is 12.1. The number of amides is 1.